The number of hydrogen-bond acceptors (Lipinski definition) is 3. The van der Waals surface area contributed by atoms with Crippen molar-refractivity contribution in [2.24, 2.45) is 0 Å². The van der Waals surface area contributed by atoms with Crippen LogP contribution in [-0.2, 0) is 9.53 Å². The molecule has 0 heterocycles. The van der Waals surface area contributed by atoms with Crippen LogP contribution in [0.1, 0.15) is 20.8 Å². The Hall–Kier alpha value is -0.440. The summed E-state index contributed by atoms with van der Waals surface area (Å²) in [5, 5.41) is 0. The molecule has 0 N–H and O–H groups in total. The van der Waals surface area contributed by atoms with Gasteiger partial charge in [0.25, 0.3) is 0 Å². The molecule has 70 valence electrons. The van der Waals surface area contributed by atoms with E-state index in [4.69, 9.17) is 4.74 Å². The van der Waals surface area contributed by atoms with E-state index in [0.717, 1.165) is 11.5 Å². The lowest BCUT2D eigenvalue weighted by Gasteiger charge is -2.11. The molecule has 0 radical (unpaired) electrons. The molecule has 1 unspecified atom stereocenters. The molecule has 0 fully saturated rings. The summed E-state index contributed by atoms with van der Waals surface area (Å²) in [7, 11) is 0. The maximum Gasteiger partial charge on any atom is 0.333 e. The van der Waals surface area contributed by atoms with Gasteiger partial charge in [-0.25, -0.2) is 4.79 Å². The van der Waals surface area contributed by atoms with Gasteiger partial charge in [-0.2, -0.15) is 11.8 Å². The summed E-state index contributed by atoms with van der Waals surface area (Å²) in [5.41, 5.74) is 0.461. The van der Waals surface area contributed by atoms with Crippen LogP contribution >= 0.6 is 11.8 Å². The first-order valence-corrected chi connectivity index (χ1v) is 5.17. The monoisotopic (exact) mass is 188 g/mol. The third kappa shape index (κ3) is 5.24. The Bertz CT molecular complexity index is 166. The van der Waals surface area contributed by atoms with Crippen LogP contribution in [0, 0.1) is 0 Å². The third-order valence-electron chi connectivity index (χ3n) is 1.21. The molecule has 0 amide bonds. The summed E-state index contributed by atoms with van der Waals surface area (Å²) in [5.74, 6) is 1.61. The fraction of sp³-hybridized carbons (Fsp3) is 0.667. The second-order valence-electron chi connectivity index (χ2n) is 2.66. The van der Waals surface area contributed by atoms with Gasteiger partial charge in [-0.3, -0.25) is 0 Å². The summed E-state index contributed by atoms with van der Waals surface area (Å²) in [6.45, 7) is 9.14. The quantitative estimate of drug-likeness (QED) is 0.489. The SMILES string of the molecule is C=C(C)C(=O)OC(C)CSCC. The summed E-state index contributed by atoms with van der Waals surface area (Å²) >= 11 is 1.76. The summed E-state index contributed by atoms with van der Waals surface area (Å²) in [4.78, 5) is 11.0. The Morgan fingerprint density at radius 2 is 2.25 bits per heavy atom. The van der Waals surface area contributed by atoms with Crippen molar-refractivity contribution in [3.8, 4) is 0 Å². The van der Waals surface area contributed by atoms with Crippen LogP contribution < -0.4 is 0 Å². The number of thioether (sulfide) groups is 1. The molecule has 0 rings (SSSR count). The molecule has 0 saturated carbocycles. The summed E-state index contributed by atoms with van der Waals surface area (Å²) in [6, 6.07) is 0. The molecule has 0 saturated heterocycles. The van der Waals surface area contributed by atoms with Crippen LogP contribution in [0.5, 0.6) is 0 Å². The van der Waals surface area contributed by atoms with Crippen molar-refractivity contribution < 1.29 is 9.53 Å². The van der Waals surface area contributed by atoms with Crippen LogP contribution in [0.15, 0.2) is 12.2 Å². The van der Waals surface area contributed by atoms with Gasteiger partial charge in [0.05, 0.1) is 0 Å². The maximum atomic E-state index is 11.0. The van der Waals surface area contributed by atoms with Gasteiger partial charge in [-0.1, -0.05) is 13.5 Å². The first-order valence-electron chi connectivity index (χ1n) is 4.02. The first kappa shape index (κ1) is 11.6. The van der Waals surface area contributed by atoms with Gasteiger partial charge in [0.2, 0.25) is 0 Å². The molecule has 0 bridgehead atoms. The molecular weight excluding hydrogens is 172 g/mol. The minimum absolute atomic E-state index is 0.0147. The normalized spacial score (nSPS) is 12.2. The predicted octanol–water partition coefficient (Wildman–Crippen LogP) is 2.25. The van der Waals surface area contributed by atoms with E-state index >= 15 is 0 Å². The van der Waals surface area contributed by atoms with E-state index in [1.165, 1.54) is 0 Å². The molecule has 0 aliphatic carbocycles. The van der Waals surface area contributed by atoms with Crippen molar-refractivity contribution in [3.05, 3.63) is 12.2 Å². The molecule has 2 nitrogen and oxygen atoms in total. The molecule has 0 aromatic carbocycles. The fourth-order valence-electron chi connectivity index (χ4n) is 0.601. The Labute approximate surface area is 78.4 Å². The average Bonchev–Trinajstić information content (AvgIpc) is 2.00. The van der Waals surface area contributed by atoms with Crippen molar-refractivity contribution in [1.29, 1.82) is 0 Å². The lowest BCUT2D eigenvalue weighted by molar-refractivity contribution is -0.142. The third-order valence-corrected chi connectivity index (χ3v) is 2.33. The zero-order chi connectivity index (χ0) is 9.56. The topological polar surface area (TPSA) is 26.3 Å². The van der Waals surface area contributed by atoms with Crippen LogP contribution in [0.4, 0.5) is 0 Å². The van der Waals surface area contributed by atoms with Gasteiger partial charge in [-0.05, 0) is 19.6 Å². The van der Waals surface area contributed by atoms with E-state index in [9.17, 15) is 4.79 Å². The minimum Gasteiger partial charge on any atom is -0.458 e. The summed E-state index contributed by atoms with van der Waals surface area (Å²) < 4.78 is 5.05. The number of rotatable bonds is 5. The van der Waals surface area contributed by atoms with E-state index in [2.05, 4.69) is 13.5 Å². The van der Waals surface area contributed by atoms with Gasteiger partial charge >= 0.3 is 5.97 Å². The molecule has 0 aromatic rings. The second kappa shape index (κ2) is 6.12. The number of carbonyl (C=O) groups is 1. The number of carbonyl (C=O) groups excluding carboxylic acids is 1. The van der Waals surface area contributed by atoms with Crippen LogP contribution in [-0.4, -0.2) is 23.6 Å². The minimum atomic E-state index is -0.292. The predicted molar refractivity (Wildman–Crippen MR) is 53.4 cm³/mol. The fourth-order valence-corrected chi connectivity index (χ4v) is 1.24. The molecule has 1 atom stereocenters. The molecule has 0 aliphatic rings. The van der Waals surface area contributed by atoms with E-state index in [1.54, 1.807) is 18.7 Å². The van der Waals surface area contributed by atoms with Gasteiger partial charge < -0.3 is 4.74 Å². The van der Waals surface area contributed by atoms with Gasteiger partial charge in [0.15, 0.2) is 0 Å². The maximum absolute atomic E-state index is 11.0. The van der Waals surface area contributed by atoms with E-state index in [-0.39, 0.29) is 12.1 Å². The van der Waals surface area contributed by atoms with E-state index in [0.29, 0.717) is 5.57 Å². The van der Waals surface area contributed by atoms with Crippen molar-refractivity contribution in [3.63, 3.8) is 0 Å². The smallest absolute Gasteiger partial charge is 0.333 e. The van der Waals surface area contributed by atoms with E-state index < -0.39 is 0 Å². The highest BCUT2D eigenvalue weighted by Crippen LogP contribution is 2.06. The lowest BCUT2D eigenvalue weighted by atomic mass is 10.3. The zero-order valence-corrected chi connectivity index (χ0v) is 8.74. The highest BCUT2D eigenvalue weighted by Gasteiger charge is 2.08. The van der Waals surface area contributed by atoms with Crippen molar-refractivity contribution >= 4 is 17.7 Å². The number of hydrogen-bond donors (Lipinski definition) is 0. The largest absolute Gasteiger partial charge is 0.458 e. The van der Waals surface area contributed by atoms with E-state index in [1.807, 2.05) is 6.92 Å². The Balaban J connectivity index is 3.61. The van der Waals surface area contributed by atoms with Gasteiger partial charge in [-0.15, -0.1) is 0 Å². The Morgan fingerprint density at radius 3 is 2.67 bits per heavy atom. The highest BCUT2D eigenvalue weighted by atomic mass is 32.2. The lowest BCUT2D eigenvalue weighted by Crippen LogP contribution is -2.17. The van der Waals surface area contributed by atoms with Crippen molar-refractivity contribution in [2.45, 2.75) is 26.9 Å². The van der Waals surface area contributed by atoms with Crippen LogP contribution in [0.25, 0.3) is 0 Å². The van der Waals surface area contributed by atoms with Gasteiger partial charge in [0, 0.05) is 11.3 Å². The van der Waals surface area contributed by atoms with Crippen molar-refractivity contribution in [2.75, 3.05) is 11.5 Å². The Morgan fingerprint density at radius 1 is 1.67 bits per heavy atom. The van der Waals surface area contributed by atoms with Gasteiger partial charge in [0.1, 0.15) is 6.10 Å². The van der Waals surface area contributed by atoms with Crippen LogP contribution in [0.2, 0.25) is 0 Å². The van der Waals surface area contributed by atoms with Crippen molar-refractivity contribution in [1.82, 2.24) is 0 Å². The molecule has 0 aliphatic heterocycles. The summed E-state index contributed by atoms with van der Waals surface area (Å²) in [6.07, 6.45) is -0.0147. The Kier molecular flexibility index (Phi) is 5.89. The first-order chi connectivity index (χ1) is 5.57. The second-order valence-corrected chi connectivity index (χ2v) is 3.97. The molecule has 3 heteroatoms. The zero-order valence-electron chi connectivity index (χ0n) is 7.92. The van der Waals surface area contributed by atoms with Crippen LogP contribution in [0.3, 0.4) is 0 Å². The standard InChI is InChI=1S/C9H16O2S/c1-5-12-6-8(4)11-9(10)7(2)3/h8H,2,5-6H2,1,3-4H3. The molecule has 0 spiro atoms. The molecule has 12 heavy (non-hydrogen) atoms. The molecular formula is C9H16O2S. The molecule has 0 aromatic heterocycles. The number of esters is 1. The highest BCUT2D eigenvalue weighted by molar-refractivity contribution is 7.99. The number of ether oxygens (including phenoxy) is 1. The average molecular weight is 188 g/mol.